The van der Waals surface area contributed by atoms with E-state index in [2.05, 4.69) is 27.5 Å². The van der Waals surface area contributed by atoms with Gasteiger partial charge in [-0.05, 0) is 45.2 Å². The number of hydrogen-bond acceptors (Lipinski definition) is 2. The summed E-state index contributed by atoms with van der Waals surface area (Å²) < 4.78 is 13.6. The van der Waals surface area contributed by atoms with Gasteiger partial charge in [0.15, 0.2) is 0 Å². The van der Waals surface area contributed by atoms with Crippen LogP contribution in [0.1, 0.15) is 5.56 Å². The summed E-state index contributed by atoms with van der Waals surface area (Å²) in [5.41, 5.74) is 1.66. The van der Waals surface area contributed by atoms with Crippen LogP contribution in [-0.2, 0) is 6.54 Å². The quantitative estimate of drug-likeness (QED) is 0.754. The van der Waals surface area contributed by atoms with E-state index < -0.39 is 0 Å². The number of amidine groups is 1. The minimum Gasteiger partial charge on any atom is -0.312 e. The standard InChI is InChI=1S/C12H9BrClFN2/c1-8-11(13)6-16-12(14)17(8)7-9-2-4-10(15)5-3-9/h2-6H,1,7H2. The molecule has 0 bridgehead atoms. The second kappa shape index (κ2) is 5.02. The molecule has 1 aliphatic heterocycles. The van der Waals surface area contributed by atoms with E-state index in [-0.39, 0.29) is 5.82 Å². The van der Waals surface area contributed by atoms with Crippen LogP contribution < -0.4 is 0 Å². The van der Waals surface area contributed by atoms with Crippen molar-refractivity contribution in [1.29, 1.82) is 0 Å². The summed E-state index contributed by atoms with van der Waals surface area (Å²) in [6.07, 6.45) is 1.60. The van der Waals surface area contributed by atoms with Crippen LogP contribution in [0.25, 0.3) is 0 Å². The van der Waals surface area contributed by atoms with Gasteiger partial charge in [0, 0.05) is 6.20 Å². The lowest BCUT2D eigenvalue weighted by atomic mass is 10.2. The molecule has 0 aromatic heterocycles. The molecule has 17 heavy (non-hydrogen) atoms. The molecule has 5 heteroatoms. The fraction of sp³-hybridized carbons (Fsp3) is 0.0833. The summed E-state index contributed by atoms with van der Waals surface area (Å²) in [4.78, 5) is 5.77. The Balaban J connectivity index is 2.19. The van der Waals surface area contributed by atoms with E-state index in [0.717, 1.165) is 15.7 Å². The zero-order valence-electron chi connectivity index (χ0n) is 8.83. The van der Waals surface area contributed by atoms with E-state index in [1.165, 1.54) is 12.1 Å². The first-order valence-electron chi connectivity index (χ1n) is 4.88. The van der Waals surface area contributed by atoms with E-state index in [0.29, 0.717) is 11.8 Å². The predicted molar refractivity (Wildman–Crippen MR) is 71.4 cm³/mol. The molecular formula is C12H9BrClFN2. The molecule has 1 aliphatic rings. The van der Waals surface area contributed by atoms with Crippen molar-refractivity contribution in [2.24, 2.45) is 4.99 Å². The van der Waals surface area contributed by atoms with Crippen LogP contribution in [0.15, 0.2) is 52.2 Å². The Labute approximate surface area is 112 Å². The molecule has 0 unspecified atom stereocenters. The van der Waals surface area contributed by atoms with Gasteiger partial charge in [-0.2, -0.15) is 0 Å². The molecular weight excluding hydrogens is 307 g/mol. The molecule has 0 saturated heterocycles. The molecule has 0 amide bonds. The molecule has 88 valence electrons. The van der Waals surface area contributed by atoms with Crippen molar-refractivity contribution >= 4 is 32.8 Å². The van der Waals surface area contributed by atoms with Crippen LogP contribution in [0.2, 0.25) is 0 Å². The van der Waals surface area contributed by atoms with E-state index in [1.54, 1.807) is 23.2 Å². The highest BCUT2D eigenvalue weighted by Crippen LogP contribution is 2.26. The van der Waals surface area contributed by atoms with Crippen molar-refractivity contribution in [3.05, 3.63) is 58.6 Å². The van der Waals surface area contributed by atoms with Gasteiger partial charge in [-0.1, -0.05) is 18.7 Å². The summed E-state index contributed by atoms with van der Waals surface area (Å²) in [7, 11) is 0. The highest BCUT2D eigenvalue weighted by molar-refractivity contribution is 9.12. The zero-order valence-corrected chi connectivity index (χ0v) is 11.2. The van der Waals surface area contributed by atoms with Crippen LogP contribution in [0.3, 0.4) is 0 Å². The maximum atomic E-state index is 12.8. The molecule has 0 aliphatic carbocycles. The second-order valence-corrected chi connectivity index (χ2v) is 4.73. The normalized spacial score (nSPS) is 15.7. The van der Waals surface area contributed by atoms with Crippen LogP contribution in [-0.4, -0.2) is 10.2 Å². The smallest absolute Gasteiger partial charge is 0.203 e. The first kappa shape index (κ1) is 12.3. The highest BCUT2D eigenvalue weighted by Gasteiger charge is 2.18. The molecule has 1 aromatic rings. The molecule has 2 nitrogen and oxygen atoms in total. The fourth-order valence-corrected chi connectivity index (χ4v) is 1.95. The molecule has 0 spiro atoms. The Hall–Kier alpha value is -1.13. The zero-order chi connectivity index (χ0) is 12.4. The van der Waals surface area contributed by atoms with Gasteiger partial charge in [0.1, 0.15) is 5.82 Å². The Morgan fingerprint density at radius 1 is 1.35 bits per heavy atom. The van der Waals surface area contributed by atoms with Gasteiger partial charge in [-0.25, -0.2) is 9.38 Å². The molecule has 0 N–H and O–H groups in total. The first-order chi connectivity index (χ1) is 8.08. The second-order valence-electron chi connectivity index (χ2n) is 3.53. The van der Waals surface area contributed by atoms with Crippen LogP contribution >= 0.6 is 27.5 Å². The average molecular weight is 316 g/mol. The Kier molecular flexibility index (Phi) is 3.64. The number of benzene rings is 1. The Morgan fingerprint density at radius 3 is 2.65 bits per heavy atom. The number of nitrogens with zero attached hydrogens (tertiary/aromatic N) is 2. The summed E-state index contributed by atoms with van der Waals surface area (Å²) in [5.74, 6) is -0.257. The van der Waals surface area contributed by atoms with Crippen molar-refractivity contribution < 1.29 is 4.39 Å². The van der Waals surface area contributed by atoms with E-state index >= 15 is 0 Å². The molecule has 0 radical (unpaired) electrons. The van der Waals surface area contributed by atoms with E-state index in [4.69, 9.17) is 11.6 Å². The lowest BCUT2D eigenvalue weighted by Crippen LogP contribution is -2.27. The number of hydrogen-bond donors (Lipinski definition) is 0. The van der Waals surface area contributed by atoms with Crippen molar-refractivity contribution in [3.8, 4) is 0 Å². The summed E-state index contributed by atoms with van der Waals surface area (Å²) >= 11 is 9.34. The molecule has 0 saturated carbocycles. The molecule has 1 aromatic carbocycles. The third-order valence-corrected chi connectivity index (χ3v) is 3.33. The van der Waals surface area contributed by atoms with Gasteiger partial charge in [0.25, 0.3) is 0 Å². The third-order valence-electron chi connectivity index (χ3n) is 2.36. The van der Waals surface area contributed by atoms with Crippen molar-refractivity contribution in [1.82, 2.24) is 4.90 Å². The van der Waals surface area contributed by atoms with Crippen LogP contribution in [0, 0.1) is 5.82 Å². The molecule has 1 heterocycles. The Morgan fingerprint density at radius 2 is 2.00 bits per heavy atom. The molecule has 0 fully saturated rings. The maximum Gasteiger partial charge on any atom is 0.203 e. The number of allylic oxidation sites excluding steroid dienone is 1. The molecule has 2 rings (SSSR count). The highest BCUT2D eigenvalue weighted by atomic mass is 79.9. The van der Waals surface area contributed by atoms with Crippen molar-refractivity contribution in [3.63, 3.8) is 0 Å². The lowest BCUT2D eigenvalue weighted by molar-refractivity contribution is 0.526. The number of aliphatic imine (C=N–C) groups is 1. The van der Waals surface area contributed by atoms with Crippen LogP contribution in [0.4, 0.5) is 4.39 Å². The predicted octanol–water partition coefficient (Wildman–Crippen LogP) is 3.99. The summed E-state index contributed by atoms with van der Waals surface area (Å²) in [5, 5.41) is 0.350. The van der Waals surface area contributed by atoms with Gasteiger partial charge in [-0.3, -0.25) is 0 Å². The van der Waals surface area contributed by atoms with Gasteiger partial charge in [0.2, 0.25) is 5.29 Å². The summed E-state index contributed by atoms with van der Waals surface area (Å²) in [6, 6.07) is 6.24. The van der Waals surface area contributed by atoms with Crippen molar-refractivity contribution in [2.45, 2.75) is 6.54 Å². The van der Waals surface area contributed by atoms with Gasteiger partial charge in [-0.15, -0.1) is 0 Å². The topological polar surface area (TPSA) is 15.6 Å². The minimum absolute atomic E-state index is 0.257. The minimum atomic E-state index is -0.257. The van der Waals surface area contributed by atoms with Gasteiger partial charge < -0.3 is 4.90 Å². The van der Waals surface area contributed by atoms with Crippen LogP contribution in [0.5, 0.6) is 0 Å². The van der Waals surface area contributed by atoms with Crippen molar-refractivity contribution in [2.75, 3.05) is 0 Å². The summed E-state index contributed by atoms with van der Waals surface area (Å²) in [6.45, 7) is 4.42. The lowest BCUT2D eigenvalue weighted by Gasteiger charge is -2.26. The SMILES string of the molecule is C=C1C(Br)=CN=C(Cl)N1Cc1ccc(F)cc1. The molecule has 0 atom stereocenters. The number of rotatable bonds is 2. The van der Waals surface area contributed by atoms with Gasteiger partial charge in [0.05, 0.1) is 16.7 Å². The largest absolute Gasteiger partial charge is 0.312 e. The first-order valence-corrected chi connectivity index (χ1v) is 6.05. The van der Waals surface area contributed by atoms with E-state index in [1.807, 2.05) is 0 Å². The fourth-order valence-electron chi connectivity index (χ4n) is 1.43. The maximum absolute atomic E-state index is 12.8. The average Bonchev–Trinajstić information content (AvgIpc) is 2.32. The third kappa shape index (κ3) is 2.76. The Bertz CT molecular complexity index is 506. The number of halogens is 3. The van der Waals surface area contributed by atoms with E-state index in [9.17, 15) is 4.39 Å². The monoisotopic (exact) mass is 314 g/mol. The van der Waals surface area contributed by atoms with Gasteiger partial charge >= 0.3 is 0 Å².